The summed E-state index contributed by atoms with van der Waals surface area (Å²) in [5, 5.41) is 4.16. The number of nitrogens with one attached hydrogen (secondary N) is 1. The first-order valence-corrected chi connectivity index (χ1v) is 9.63. The van der Waals surface area contributed by atoms with Crippen molar-refractivity contribution < 1.29 is 14.3 Å². The molecule has 0 saturated heterocycles. The number of amides is 1. The number of rotatable bonds is 6. The van der Waals surface area contributed by atoms with Crippen LogP contribution in [0.2, 0.25) is 0 Å². The number of benzene rings is 1. The molecule has 140 valence electrons. The molecule has 0 aliphatic heterocycles. The maximum atomic E-state index is 12.5. The van der Waals surface area contributed by atoms with Gasteiger partial charge in [0.25, 0.3) is 0 Å². The summed E-state index contributed by atoms with van der Waals surface area (Å²) in [6.07, 6.45) is 10.2. The minimum atomic E-state index is 0.0377. The number of ether oxygens (including phenoxy) is 2. The van der Waals surface area contributed by atoms with Crippen LogP contribution in [0.1, 0.15) is 50.5 Å². The highest BCUT2D eigenvalue weighted by molar-refractivity contribution is 5.85. The normalized spacial score (nSPS) is 32.0. The van der Waals surface area contributed by atoms with Crippen LogP contribution in [-0.2, 0) is 4.79 Å². The van der Waals surface area contributed by atoms with Gasteiger partial charge in [-0.05, 0) is 73.8 Å². The number of carbonyl (C=O) groups excluding carboxylic acids is 1. The smallest absolute Gasteiger partial charge is 0.240 e. The molecule has 0 spiro atoms. The van der Waals surface area contributed by atoms with E-state index in [1.54, 1.807) is 26.5 Å². The molecule has 1 amide bonds. The number of hydrazone groups is 1. The zero-order valence-corrected chi connectivity index (χ0v) is 15.7. The number of methoxy groups -OCH3 is 2. The monoisotopic (exact) mass is 356 g/mol. The second-order valence-corrected chi connectivity index (χ2v) is 8.50. The van der Waals surface area contributed by atoms with Crippen LogP contribution in [0.3, 0.4) is 0 Å². The van der Waals surface area contributed by atoms with E-state index in [2.05, 4.69) is 10.5 Å². The Bertz CT molecular complexity index is 678. The number of nitrogens with zero attached hydrogens (tertiary/aromatic N) is 1. The number of hydrogen-bond acceptors (Lipinski definition) is 4. The van der Waals surface area contributed by atoms with Gasteiger partial charge in [-0.3, -0.25) is 4.79 Å². The van der Waals surface area contributed by atoms with E-state index >= 15 is 0 Å². The molecule has 1 aromatic rings. The summed E-state index contributed by atoms with van der Waals surface area (Å²) in [5.74, 6) is 4.02. The van der Waals surface area contributed by atoms with Gasteiger partial charge in [-0.15, -0.1) is 0 Å². The minimum Gasteiger partial charge on any atom is -0.497 e. The molecule has 0 aromatic heterocycles. The molecule has 0 atom stereocenters. The van der Waals surface area contributed by atoms with Crippen molar-refractivity contribution in [2.24, 2.45) is 28.3 Å². The van der Waals surface area contributed by atoms with Gasteiger partial charge in [0.2, 0.25) is 5.91 Å². The van der Waals surface area contributed by atoms with Crippen LogP contribution in [0.4, 0.5) is 0 Å². The average Bonchev–Trinajstić information content (AvgIpc) is 2.60. The van der Waals surface area contributed by atoms with Gasteiger partial charge in [0.05, 0.1) is 20.4 Å². The molecule has 5 rings (SSSR count). The highest BCUT2D eigenvalue weighted by atomic mass is 16.5. The topological polar surface area (TPSA) is 59.9 Å². The van der Waals surface area contributed by atoms with Crippen LogP contribution >= 0.6 is 0 Å². The Morgan fingerprint density at radius 1 is 1.15 bits per heavy atom. The van der Waals surface area contributed by atoms with Crippen LogP contribution in [0.5, 0.6) is 11.5 Å². The van der Waals surface area contributed by atoms with E-state index in [0.29, 0.717) is 12.2 Å². The van der Waals surface area contributed by atoms with Gasteiger partial charge in [0.15, 0.2) is 0 Å². The highest BCUT2D eigenvalue weighted by Crippen LogP contribution is 2.61. The molecule has 4 saturated carbocycles. The van der Waals surface area contributed by atoms with Crippen molar-refractivity contribution in [3.63, 3.8) is 0 Å². The first-order chi connectivity index (χ1) is 12.6. The van der Waals surface area contributed by atoms with Gasteiger partial charge >= 0.3 is 0 Å². The summed E-state index contributed by atoms with van der Waals surface area (Å²) >= 11 is 0. The van der Waals surface area contributed by atoms with Crippen molar-refractivity contribution in [1.29, 1.82) is 0 Å². The van der Waals surface area contributed by atoms with E-state index < -0.39 is 0 Å². The molecule has 4 aliphatic carbocycles. The zero-order valence-electron chi connectivity index (χ0n) is 15.7. The van der Waals surface area contributed by atoms with E-state index in [-0.39, 0.29) is 11.3 Å². The van der Waals surface area contributed by atoms with Gasteiger partial charge in [0, 0.05) is 18.1 Å². The fraction of sp³-hybridized carbons (Fsp3) is 0.619. The highest BCUT2D eigenvalue weighted by Gasteiger charge is 2.51. The maximum Gasteiger partial charge on any atom is 0.240 e. The molecule has 0 heterocycles. The molecule has 4 bridgehead atoms. The van der Waals surface area contributed by atoms with Crippen LogP contribution in [0.25, 0.3) is 0 Å². The summed E-state index contributed by atoms with van der Waals surface area (Å²) < 4.78 is 10.5. The first kappa shape index (κ1) is 17.4. The first-order valence-electron chi connectivity index (χ1n) is 9.63. The quantitative estimate of drug-likeness (QED) is 0.624. The lowest BCUT2D eigenvalue weighted by Gasteiger charge is -2.56. The molecule has 4 aliphatic rings. The van der Waals surface area contributed by atoms with Crippen LogP contribution in [0.15, 0.2) is 23.3 Å². The summed E-state index contributed by atoms with van der Waals surface area (Å²) in [6, 6.07) is 5.52. The Balaban J connectivity index is 1.36. The summed E-state index contributed by atoms with van der Waals surface area (Å²) in [7, 11) is 3.23. The average molecular weight is 356 g/mol. The Kier molecular flexibility index (Phi) is 4.63. The minimum absolute atomic E-state index is 0.0377. The molecule has 26 heavy (non-hydrogen) atoms. The van der Waals surface area contributed by atoms with Gasteiger partial charge in [-0.1, -0.05) is 0 Å². The number of carbonyl (C=O) groups is 1. The second-order valence-electron chi connectivity index (χ2n) is 8.50. The van der Waals surface area contributed by atoms with Crippen molar-refractivity contribution in [2.75, 3.05) is 14.2 Å². The Morgan fingerprint density at radius 2 is 1.81 bits per heavy atom. The lowest BCUT2D eigenvalue weighted by Crippen LogP contribution is -2.47. The molecule has 1 N–H and O–H groups in total. The van der Waals surface area contributed by atoms with Gasteiger partial charge in [0.1, 0.15) is 11.5 Å². The molecule has 0 radical (unpaired) electrons. The van der Waals surface area contributed by atoms with Crippen LogP contribution < -0.4 is 14.9 Å². The van der Waals surface area contributed by atoms with E-state index in [9.17, 15) is 4.79 Å². The second kappa shape index (κ2) is 6.93. The van der Waals surface area contributed by atoms with Crippen molar-refractivity contribution in [2.45, 2.75) is 44.9 Å². The third-order valence-electron chi connectivity index (χ3n) is 6.53. The van der Waals surface area contributed by atoms with Gasteiger partial charge < -0.3 is 9.47 Å². The van der Waals surface area contributed by atoms with E-state index in [1.165, 1.54) is 38.5 Å². The lowest BCUT2D eigenvalue weighted by atomic mass is 9.49. The van der Waals surface area contributed by atoms with Gasteiger partial charge in [-0.2, -0.15) is 5.10 Å². The standard InChI is InChI=1S/C21H28N2O3/c1-25-18-4-3-17(19(8-18)26-2)13-22-23-20(24)12-21-9-14-5-15(10-21)7-16(6-14)11-21/h3-4,8,13-16H,5-7,9-12H2,1-2H3,(H,23,24)/b22-13+. The Labute approximate surface area is 155 Å². The van der Waals surface area contributed by atoms with E-state index in [0.717, 1.165) is 29.1 Å². The van der Waals surface area contributed by atoms with E-state index in [4.69, 9.17) is 9.47 Å². The molecule has 0 unspecified atom stereocenters. The summed E-state index contributed by atoms with van der Waals surface area (Å²) in [6.45, 7) is 0. The van der Waals surface area contributed by atoms with Crippen molar-refractivity contribution >= 4 is 12.1 Å². The molecular formula is C21H28N2O3. The fourth-order valence-corrected chi connectivity index (χ4v) is 5.99. The van der Waals surface area contributed by atoms with Crippen LogP contribution in [-0.4, -0.2) is 26.3 Å². The van der Waals surface area contributed by atoms with Crippen LogP contribution in [0, 0.1) is 23.2 Å². The summed E-state index contributed by atoms with van der Waals surface area (Å²) in [5.41, 5.74) is 3.78. The van der Waals surface area contributed by atoms with E-state index in [1.807, 2.05) is 12.1 Å². The third kappa shape index (κ3) is 3.44. The van der Waals surface area contributed by atoms with Crippen molar-refractivity contribution in [3.05, 3.63) is 23.8 Å². The lowest BCUT2D eigenvalue weighted by molar-refractivity contribution is -0.129. The van der Waals surface area contributed by atoms with Gasteiger partial charge in [-0.25, -0.2) is 5.43 Å². The van der Waals surface area contributed by atoms with Crippen molar-refractivity contribution in [1.82, 2.24) is 5.43 Å². The van der Waals surface area contributed by atoms with Crippen molar-refractivity contribution in [3.8, 4) is 11.5 Å². The third-order valence-corrected chi connectivity index (χ3v) is 6.53. The predicted octanol–water partition coefficient (Wildman–Crippen LogP) is 3.76. The zero-order chi connectivity index (χ0) is 18.1. The largest absolute Gasteiger partial charge is 0.497 e. The molecule has 5 nitrogen and oxygen atoms in total. The molecule has 1 aromatic carbocycles. The molecular weight excluding hydrogens is 328 g/mol. The predicted molar refractivity (Wildman–Crippen MR) is 101 cm³/mol. The molecule has 5 heteroatoms. The SMILES string of the molecule is COc1ccc(/C=N/NC(=O)CC23CC4CC(CC(C4)C2)C3)c(OC)c1. The summed E-state index contributed by atoms with van der Waals surface area (Å²) in [4.78, 5) is 12.5. The Morgan fingerprint density at radius 3 is 2.38 bits per heavy atom. The number of hydrogen-bond donors (Lipinski definition) is 1. The maximum absolute atomic E-state index is 12.5. The fourth-order valence-electron chi connectivity index (χ4n) is 5.99. The Hall–Kier alpha value is -2.04. The molecule has 4 fully saturated rings.